The maximum atomic E-state index is 12.7. The van der Waals surface area contributed by atoms with E-state index in [-0.39, 0.29) is 10.5 Å². The molecule has 9 nitrogen and oxygen atoms in total. The molecule has 2 rings (SSSR count). The highest BCUT2D eigenvalue weighted by Crippen LogP contribution is 2.36. The summed E-state index contributed by atoms with van der Waals surface area (Å²) < 4.78 is 48.3. The molecular weight excluding hydrogens is 443 g/mol. The standard InChI is InChI=1S/C18H16F3N3O6S/c1-29-12-5-10(6-13(8-12)30-2)17(26)23-22-16(25)9-31-15-4-3-11(18(19,20)21)7-14(15)24(27)28/h3-8H,9H2,1-2H3,(H,22,25)(H,23,26). The van der Waals surface area contributed by atoms with Crippen LogP contribution in [-0.2, 0) is 11.0 Å². The molecule has 2 amide bonds. The summed E-state index contributed by atoms with van der Waals surface area (Å²) in [6, 6.07) is 6.36. The van der Waals surface area contributed by atoms with E-state index in [1.54, 1.807) is 6.07 Å². The molecule has 0 aromatic heterocycles. The Morgan fingerprint density at radius 2 is 1.68 bits per heavy atom. The number of nitro groups is 1. The van der Waals surface area contributed by atoms with Crippen molar-refractivity contribution >= 4 is 29.3 Å². The fraction of sp³-hybridized carbons (Fsp3) is 0.222. The zero-order chi connectivity index (χ0) is 23.2. The van der Waals surface area contributed by atoms with Crippen LogP contribution in [0.25, 0.3) is 0 Å². The van der Waals surface area contributed by atoms with Gasteiger partial charge in [0.15, 0.2) is 0 Å². The first-order chi connectivity index (χ1) is 14.5. The average molecular weight is 459 g/mol. The maximum absolute atomic E-state index is 12.7. The number of carbonyl (C=O) groups is 2. The van der Waals surface area contributed by atoms with Gasteiger partial charge in [-0.25, -0.2) is 0 Å². The zero-order valence-electron chi connectivity index (χ0n) is 16.1. The highest BCUT2D eigenvalue weighted by Gasteiger charge is 2.33. The first-order valence-electron chi connectivity index (χ1n) is 8.36. The number of hydrazine groups is 1. The Kier molecular flexibility index (Phi) is 7.69. The number of nitrogens with zero attached hydrogens (tertiary/aromatic N) is 1. The van der Waals surface area contributed by atoms with Crippen molar-refractivity contribution in [2.45, 2.75) is 11.1 Å². The molecule has 0 atom stereocenters. The van der Waals surface area contributed by atoms with Gasteiger partial charge in [-0.2, -0.15) is 13.2 Å². The minimum Gasteiger partial charge on any atom is -0.497 e. The first kappa shape index (κ1) is 23.8. The van der Waals surface area contributed by atoms with Crippen LogP contribution in [0.2, 0.25) is 0 Å². The number of halogens is 3. The number of benzene rings is 2. The molecule has 13 heteroatoms. The molecule has 2 aromatic rings. The van der Waals surface area contributed by atoms with Crippen LogP contribution in [0.5, 0.6) is 11.5 Å². The van der Waals surface area contributed by atoms with Crippen molar-refractivity contribution in [3.8, 4) is 11.5 Å². The Hall–Kier alpha value is -3.48. The summed E-state index contributed by atoms with van der Waals surface area (Å²) >= 11 is 0.650. The van der Waals surface area contributed by atoms with Gasteiger partial charge in [0.2, 0.25) is 5.91 Å². The van der Waals surface area contributed by atoms with Gasteiger partial charge < -0.3 is 9.47 Å². The number of hydrogen-bond acceptors (Lipinski definition) is 7. The van der Waals surface area contributed by atoms with Gasteiger partial charge >= 0.3 is 6.18 Å². The quantitative estimate of drug-likeness (QED) is 0.371. The molecule has 0 aliphatic carbocycles. The molecule has 0 saturated carbocycles. The summed E-state index contributed by atoms with van der Waals surface area (Å²) in [4.78, 5) is 34.1. The molecule has 0 bridgehead atoms. The third kappa shape index (κ3) is 6.50. The molecule has 0 aliphatic heterocycles. The smallest absolute Gasteiger partial charge is 0.416 e. The molecule has 0 radical (unpaired) electrons. The normalized spacial score (nSPS) is 10.9. The summed E-state index contributed by atoms with van der Waals surface area (Å²) in [7, 11) is 2.80. The summed E-state index contributed by atoms with van der Waals surface area (Å²) in [6.45, 7) is 0. The number of rotatable bonds is 7. The van der Waals surface area contributed by atoms with Crippen molar-refractivity contribution in [3.05, 3.63) is 57.6 Å². The van der Waals surface area contributed by atoms with E-state index < -0.39 is 39.9 Å². The van der Waals surface area contributed by atoms with Gasteiger partial charge in [-0.3, -0.25) is 30.6 Å². The van der Waals surface area contributed by atoms with Crippen molar-refractivity contribution < 1.29 is 37.2 Å². The lowest BCUT2D eigenvalue weighted by atomic mass is 10.2. The molecule has 0 spiro atoms. The number of ether oxygens (including phenoxy) is 2. The first-order valence-corrected chi connectivity index (χ1v) is 9.34. The van der Waals surface area contributed by atoms with E-state index in [4.69, 9.17) is 9.47 Å². The summed E-state index contributed by atoms with van der Waals surface area (Å²) in [5, 5.41) is 11.1. The third-order valence-electron chi connectivity index (χ3n) is 3.77. The minimum atomic E-state index is -4.74. The van der Waals surface area contributed by atoms with Crippen molar-refractivity contribution in [2.75, 3.05) is 20.0 Å². The van der Waals surface area contributed by atoms with E-state index in [0.29, 0.717) is 35.4 Å². The van der Waals surface area contributed by atoms with Crippen LogP contribution in [-0.4, -0.2) is 36.7 Å². The topological polar surface area (TPSA) is 120 Å². The molecule has 0 fully saturated rings. The average Bonchev–Trinajstić information content (AvgIpc) is 2.74. The highest BCUT2D eigenvalue weighted by molar-refractivity contribution is 8.00. The van der Waals surface area contributed by atoms with Crippen LogP contribution in [0.4, 0.5) is 18.9 Å². The van der Waals surface area contributed by atoms with Gasteiger partial charge in [-0.1, -0.05) is 0 Å². The van der Waals surface area contributed by atoms with Gasteiger partial charge in [0.1, 0.15) is 11.5 Å². The number of amides is 2. The summed E-state index contributed by atoms with van der Waals surface area (Å²) in [6.07, 6.45) is -4.74. The van der Waals surface area contributed by atoms with E-state index >= 15 is 0 Å². The van der Waals surface area contributed by atoms with Gasteiger partial charge in [0, 0.05) is 17.7 Å². The SMILES string of the molecule is COc1cc(OC)cc(C(=O)NNC(=O)CSc2ccc(C(F)(F)F)cc2[N+](=O)[O-])c1. The third-order valence-corrected chi connectivity index (χ3v) is 4.83. The van der Waals surface area contributed by atoms with Gasteiger partial charge in [0.05, 0.1) is 35.4 Å². The Balaban J connectivity index is 2.00. The van der Waals surface area contributed by atoms with E-state index in [1.165, 1.54) is 26.4 Å². The molecule has 0 heterocycles. The second kappa shape index (κ2) is 10.0. The molecule has 2 aromatic carbocycles. The largest absolute Gasteiger partial charge is 0.497 e. The second-order valence-corrected chi connectivity index (χ2v) is 6.85. The molecule has 31 heavy (non-hydrogen) atoms. The number of hydrogen-bond donors (Lipinski definition) is 2. The number of nitrogens with one attached hydrogen (secondary N) is 2. The second-order valence-electron chi connectivity index (χ2n) is 5.83. The Labute approximate surface area is 178 Å². The number of carbonyl (C=O) groups excluding carboxylic acids is 2. The van der Waals surface area contributed by atoms with E-state index in [0.717, 1.165) is 6.07 Å². The van der Waals surface area contributed by atoms with Crippen LogP contribution in [0.15, 0.2) is 41.3 Å². The van der Waals surface area contributed by atoms with Gasteiger partial charge in [-0.15, -0.1) is 11.8 Å². The number of methoxy groups -OCH3 is 2. The van der Waals surface area contributed by atoms with Crippen LogP contribution in [0, 0.1) is 10.1 Å². The molecule has 0 saturated heterocycles. The number of alkyl halides is 3. The molecule has 2 N–H and O–H groups in total. The van der Waals surface area contributed by atoms with Crippen molar-refractivity contribution in [1.29, 1.82) is 0 Å². The molecule has 0 aliphatic rings. The number of thioether (sulfide) groups is 1. The monoisotopic (exact) mass is 459 g/mol. The summed E-state index contributed by atoms with van der Waals surface area (Å²) in [5.74, 6) is -1.12. The number of nitro benzene ring substituents is 1. The fourth-order valence-corrected chi connectivity index (χ4v) is 3.08. The molecule has 166 valence electrons. The minimum absolute atomic E-state index is 0.127. The Morgan fingerprint density at radius 3 is 2.19 bits per heavy atom. The Morgan fingerprint density at radius 1 is 1.06 bits per heavy atom. The molecule has 0 unspecified atom stereocenters. The van der Waals surface area contributed by atoms with Gasteiger partial charge in [-0.05, 0) is 24.3 Å². The zero-order valence-corrected chi connectivity index (χ0v) is 16.9. The Bertz CT molecular complexity index is 978. The van der Waals surface area contributed by atoms with Crippen LogP contribution >= 0.6 is 11.8 Å². The van der Waals surface area contributed by atoms with E-state index in [9.17, 15) is 32.9 Å². The maximum Gasteiger partial charge on any atom is 0.416 e. The highest BCUT2D eigenvalue weighted by atomic mass is 32.2. The van der Waals surface area contributed by atoms with Crippen LogP contribution in [0.1, 0.15) is 15.9 Å². The lowest BCUT2D eigenvalue weighted by Gasteiger charge is -2.11. The van der Waals surface area contributed by atoms with Crippen molar-refractivity contribution in [3.63, 3.8) is 0 Å². The predicted octanol–water partition coefficient (Wildman–Crippen LogP) is 3.18. The summed E-state index contributed by atoms with van der Waals surface area (Å²) in [5.41, 5.74) is 2.46. The van der Waals surface area contributed by atoms with E-state index in [1.807, 2.05) is 0 Å². The fourth-order valence-electron chi connectivity index (χ4n) is 2.27. The lowest BCUT2D eigenvalue weighted by molar-refractivity contribution is -0.388. The van der Waals surface area contributed by atoms with Crippen molar-refractivity contribution in [2.24, 2.45) is 0 Å². The van der Waals surface area contributed by atoms with Gasteiger partial charge in [0.25, 0.3) is 11.6 Å². The van der Waals surface area contributed by atoms with E-state index in [2.05, 4.69) is 10.9 Å². The van der Waals surface area contributed by atoms with Crippen molar-refractivity contribution in [1.82, 2.24) is 10.9 Å². The predicted molar refractivity (Wildman–Crippen MR) is 104 cm³/mol. The molecular formula is C18H16F3N3O6S. The van der Waals surface area contributed by atoms with Crippen LogP contribution < -0.4 is 20.3 Å². The van der Waals surface area contributed by atoms with Crippen LogP contribution in [0.3, 0.4) is 0 Å². The lowest BCUT2D eigenvalue weighted by Crippen LogP contribution is -2.42.